The number of hydrogen-bond acceptors (Lipinski definition) is 6. The highest BCUT2D eigenvalue weighted by Crippen LogP contribution is 2.26. The number of halogens is 2. The number of carbonyl (C=O) groups is 1. The van der Waals surface area contributed by atoms with Crippen LogP contribution in [0.1, 0.15) is 26.6 Å². The van der Waals surface area contributed by atoms with Gasteiger partial charge in [0.2, 0.25) is 0 Å². The molecular formula is C22H22ClFN2O4S. The third-order valence-electron chi connectivity index (χ3n) is 4.42. The number of thiazole rings is 1. The fourth-order valence-corrected chi connectivity index (χ4v) is 3.79. The van der Waals surface area contributed by atoms with Crippen LogP contribution in [-0.2, 0) is 24.5 Å². The molecule has 0 unspecified atom stereocenters. The van der Waals surface area contributed by atoms with Gasteiger partial charge in [-0.15, -0.1) is 11.3 Å². The summed E-state index contributed by atoms with van der Waals surface area (Å²) in [5.74, 6) is -0.246. The second-order valence-corrected chi connectivity index (χ2v) is 8.04. The number of aromatic nitrogens is 1. The number of methoxy groups -OCH3 is 1. The van der Waals surface area contributed by atoms with Crippen molar-refractivity contribution >= 4 is 28.8 Å². The van der Waals surface area contributed by atoms with Crippen LogP contribution in [0.25, 0.3) is 0 Å². The van der Waals surface area contributed by atoms with Crippen molar-refractivity contribution in [3.8, 4) is 5.75 Å². The Bertz CT molecular complexity index is 1030. The van der Waals surface area contributed by atoms with Crippen LogP contribution in [-0.4, -0.2) is 41.2 Å². The first-order valence-corrected chi connectivity index (χ1v) is 10.7. The molecule has 0 fully saturated rings. The van der Waals surface area contributed by atoms with Crippen LogP contribution in [0, 0.1) is 5.82 Å². The Labute approximate surface area is 188 Å². The first-order valence-electron chi connectivity index (χ1n) is 9.49. The first-order chi connectivity index (χ1) is 15.0. The Kier molecular flexibility index (Phi) is 8.36. The molecule has 1 N–H and O–H groups in total. The van der Waals surface area contributed by atoms with E-state index in [1.54, 1.807) is 41.7 Å². The summed E-state index contributed by atoms with van der Waals surface area (Å²) in [7, 11) is 1.55. The quantitative estimate of drug-likeness (QED) is 0.484. The number of ether oxygens (including phenoxy) is 2. The summed E-state index contributed by atoms with van der Waals surface area (Å²) < 4.78 is 24.7. The number of aliphatic hydroxyl groups excluding tert-OH is 1. The smallest absolute Gasteiger partial charge is 0.254 e. The van der Waals surface area contributed by atoms with E-state index in [0.29, 0.717) is 35.2 Å². The Morgan fingerprint density at radius 2 is 2.13 bits per heavy atom. The van der Waals surface area contributed by atoms with Crippen LogP contribution < -0.4 is 4.74 Å². The molecule has 0 saturated heterocycles. The van der Waals surface area contributed by atoms with Crippen molar-refractivity contribution in [1.82, 2.24) is 9.88 Å². The van der Waals surface area contributed by atoms with E-state index in [1.165, 1.54) is 29.5 Å². The van der Waals surface area contributed by atoms with Crippen LogP contribution >= 0.6 is 22.9 Å². The molecule has 0 bridgehead atoms. The Morgan fingerprint density at radius 3 is 2.84 bits per heavy atom. The van der Waals surface area contributed by atoms with Crippen LogP contribution in [0.5, 0.6) is 5.75 Å². The molecule has 3 rings (SSSR count). The summed E-state index contributed by atoms with van der Waals surface area (Å²) in [6, 6.07) is 10.7. The number of carbonyl (C=O) groups excluding carboxylic acids is 1. The number of benzene rings is 2. The van der Waals surface area contributed by atoms with Gasteiger partial charge in [-0.25, -0.2) is 9.37 Å². The summed E-state index contributed by atoms with van der Waals surface area (Å²) in [6.45, 7) is 0.925. The van der Waals surface area contributed by atoms with Crippen molar-refractivity contribution in [2.75, 3.05) is 20.3 Å². The topological polar surface area (TPSA) is 71.9 Å². The van der Waals surface area contributed by atoms with Gasteiger partial charge in [-0.3, -0.25) is 4.79 Å². The number of hydrogen-bond donors (Lipinski definition) is 1. The minimum absolute atomic E-state index is 0.126. The van der Waals surface area contributed by atoms with E-state index in [1.807, 2.05) is 0 Å². The van der Waals surface area contributed by atoms with E-state index < -0.39 is 5.82 Å². The molecule has 1 amide bonds. The van der Waals surface area contributed by atoms with Crippen molar-refractivity contribution in [2.24, 2.45) is 0 Å². The zero-order valence-electron chi connectivity index (χ0n) is 16.9. The van der Waals surface area contributed by atoms with E-state index in [9.17, 15) is 9.18 Å². The predicted octanol–water partition coefficient (Wildman–Crippen LogP) is 4.30. The van der Waals surface area contributed by atoms with E-state index in [0.717, 1.165) is 5.01 Å². The highest BCUT2D eigenvalue weighted by atomic mass is 35.5. The summed E-state index contributed by atoms with van der Waals surface area (Å²) in [5.41, 5.74) is 1.54. The Morgan fingerprint density at radius 1 is 1.29 bits per heavy atom. The summed E-state index contributed by atoms with van der Waals surface area (Å²) in [4.78, 5) is 18.8. The Balaban J connectivity index is 1.80. The van der Waals surface area contributed by atoms with E-state index in [-0.39, 0.29) is 31.2 Å². The van der Waals surface area contributed by atoms with Gasteiger partial charge < -0.3 is 19.5 Å². The molecule has 0 radical (unpaired) electrons. The minimum atomic E-state index is -0.477. The number of nitrogens with zero attached hydrogens (tertiary/aromatic N) is 2. The normalized spacial score (nSPS) is 10.8. The molecule has 0 atom stereocenters. The van der Waals surface area contributed by atoms with Crippen LogP contribution in [0.15, 0.2) is 47.8 Å². The summed E-state index contributed by atoms with van der Waals surface area (Å²) in [6.07, 6.45) is 0. The molecule has 0 spiro atoms. The zero-order valence-corrected chi connectivity index (χ0v) is 18.5. The van der Waals surface area contributed by atoms with Crippen molar-refractivity contribution in [3.63, 3.8) is 0 Å². The third-order valence-corrected chi connectivity index (χ3v) is 5.53. The lowest BCUT2D eigenvalue weighted by Gasteiger charge is -2.24. The lowest BCUT2D eigenvalue weighted by molar-refractivity contribution is 0.0678. The molecule has 3 aromatic rings. The maximum absolute atomic E-state index is 13.6. The number of rotatable bonds is 10. The summed E-state index contributed by atoms with van der Waals surface area (Å²) >= 11 is 7.58. The number of amides is 1. The molecule has 2 aromatic carbocycles. The minimum Gasteiger partial charge on any atom is -0.486 e. The third kappa shape index (κ3) is 6.48. The highest BCUT2D eigenvalue weighted by Gasteiger charge is 2.19. The van der Waals surface area contributed by atoms with E-state index in [2.05, 4.69) is 4.98 Å². The monoisotopic (exact) mass is 464 g/mol. The van der Waals surface area contributed by atoms with Crippen LogP contribution in [0.2, 0.25) is 5.02 Å². The largest absolute Gasteiger partial charge is 0.486 e. The second-order valence-electron chi connectivity index (χ2n) is 6.66. The van der Waals surface area contributed by atoms with Crippen LogP contribution in [0.3, 0.4) is 0 Å². The maximum Gasteiger partial charge on any atom is 0.254 e. The molecule has 9 heteroatoms. The average molecular weight is 465 g/mol. The first kappa shape index (κ1) is 23.1. The average Bonchev–Trinajstić information content (AvgIpc) is 3.23. The number of aliphatic hydroxyl groups is 1. The van der Waals surface area contributed by atoms with Gasteiger partial charge in [0.15, 0.2) is 0 Å². The molecule has 1 heterocycles. The van der Waals surface area contributed by atoms with Gasteiger partial charge in [-0.1, -0.05) is 17.7 Å². The SMILES string of the molecule is COCCN(Cc1cc(Cl)ccc1OCc1nc(CO)cs1)C(=O)c1cccc(F)c1. The molecule has 164 valence electrons. The molecule has 0 aliphatic carbocycles. The molecule has 1 aromatic heterocycles. The van der Waals surface area contributed by atoms with Crippen LogP contribution in [0.4, 0.5) is 4.39 Å². The van der Waals surface area contributed by atoms with E-state index in [4.69, 9.17) is 26.2 Å². The fraction of sp³-hybridized carbons (Fsp3) is 0.273. The fourth-order valence-electron chi connectivity index (χ4n) is 2.90. The highest BCUT2D eigenvalue weighted by molar-refractivity contribution is 7.09. The maximum atomic E-state index is 13.6. The molecule has 0 saturated carbocycles. The predicted molar refractivity (Wildman–Crippen MR) is 117 cm³/mol. The van der Waals surface area contributed by atoms with Crippen molar-refractivity contribution in [3.05, 3.63) is 80.5 Å². The molecule has 0 aliphatic rings. The van der Waals surface area contributed by atoms with Crippen molar-refractivity contribution in [1.29, 1.82) is 0 Å². The zero-order chi connectivity index (χ0) is 22.2. The molecular weight excluding hydrogens is 443 g/mol. The molecule has 31 heavy (non-hydrogen) atoms. The molecule has 0 aliphatic heterocycles. The van der Waals surface area contributed by atoms with Crippen molar-refractivity contribution < 1.29 is 23.8 Å². The van der Waals surface area contributed by atoms with Gasteiger partial charge >= 0.3 is 0 Å². The van der Waals surface area contributed by atoms with Gasteiger partial charge in [0.25, 0.3) is 5.91 Å². The van der Waals surface area contributed by atoms with Gasteiger partial charge in [-0.05, 0) is 36.4 Å². The standard InChI is InChI=1S/C22H22ClFN2O4S/c1-29-8-7-26(22(28)15-3-2-4-18(24)10-15)11-16-9-17(23)5-6-20(16)30-13-21-25-19(12-27)14-31-21/h2-6,9-10,14,27H,7-8,11-13H2,1H3. The van der Waals surface area contributed by atoms with Gasteiger partial charge in [0.1, 0.15) is 23.2 Å². The second kappa shape index (κ2) is 11.2. The van der Waals surface area contributed by atoms with Crippen molar-refractivity contribution in [2.45, 2.75) is 19.8 Å². The van der Waals surface area contributed by atoms with Gasteiger partial charge in [0.05, 0.1) is 18.9 Å². The molecule has 6 nitrogen and oxygen atoms in total. The van der Waals surface area contributed by atoms with E-state index >= 15 is 0 Å². The van der Waals surface area contributed by atoms with Gasteiger partial charge in [-0.2, -0.15) is 0 Å². The lowest BCUT2D eigenvalue weighted by Crippen LogP contribution is -2.33. The Hall–Kier alpha value is -2.52. The lowest BCUT2D eigenvalue weighted by atomic mass is 10.1. The van der Waals surface area contributed by atoms with Gasteiger partial charge in [0, 0.05) is 41.7 Å². The summed E-state index contributed by atoms with van der Waals surface area (Å²) in [5, 5.41) is 12.2.